The van der Waals surface area contributed by atoms with Gasteiger partial charge in [-0.1, -0.05) is 0 Å². The van der Waals surface area contributed by atoms with E-state index >= 15 is 0 Å². The summed E-state index contributed by atoms with van der Waals surface area (Å²) < 4.78 is 13.2. The second-order valence-electron chi connectivity index (χ2n) is 6.74. The first-order valence-corrected chi connectivity index (χ1v) is 8.79. The molecule has 0 unspecified atom stereocenters. The second-order valence-corrected chi connectivity index (χ2v) is 6.74. The van der Waals surface area contributed by atoms with Gasteiger partial charge in [0.25, 0.3) is 5.91 Å². The normalized spacial score (nSPS) is 15.2. The van der Waals surface area contributed by atoms with Crippen LogP contribution in [0, 0.1) is 11.7 Å². The van der Waals surface area contributed by atoms with Gasteiger partial charge in [-0.25, -0.2) is 4.39 Å². The van der Waals surface area contributed by atoms with Gasteiger partial charge in [-0.3, -0.25) is 14.7 Å². The lowest BCUT2D eigenvalue weighted by atomic mass is 9.96. The number of hydrogen-bond donors (Lipinski definition) is 2. The largest absolute Gasteiger partial charge is 0.481 e. The highest BCUT2D eigenvalue weighted by Crippen LogP contribution is 2.28. The number of carbonyl (C=O) groups is 2. The van der Waals surface area contributed by atoms with E-state index in [0.29, 0.717) is 37.2 Å². The van der Waals surface area contributed by atoms with Crippen molar-refractivity contribution in [2.24, 2.45) is 5.92 Å². The summed E-state index contributed by atoms with van der Waals surface area (Å²) in [4.78, 5) is 25.6. The Hall–Kier alpha value is -3.22. The summed E-state index contributed by atoms with van der Waals surface area (Å²) in [6, 6.07) is 11.4. The monoisotopic (exact) mass is 367 g/mol. The number of carboxylic acid groups (broad SMARTS) is 1. The molecule has 6 nitrogen and oxygen atoms in total. The van der Waals surface area contributed by atoms with Crippen LogP contribution in [0.3, 0.4) is 0 Å². The zero-order chi connectivity index (χ0) is 19.0. The van der Waals surface area contributed by atoms with E-state index in [2.05, 4.69) is 10.2 Å². The molecule has 1 aromatic heterocycles. The third kappa shape index (κ3) is 3.28. The number of nitrogens with zero attached hydrogens (tertiary/aromatic N) is 2. The van der Waals surface area contributed by atoms with Crippen LogP contribution in [0.25, 0.3) is 22.2 Å². The number of H-pyrrole nitrogens is 1. The van der Waals surface area contributed by atoms with Crippen LogP contribution in [-0.2, 0) is 4.79 Å². The topological polar surface area (TPSA) is 86.3 Å². The van der Waals surface area contributed by atoms with Crippen molar-refractivity contribution < 1.29 is 19.1 Å². The number of piperidine rings is 1. The summed E-state index contributed by atoms with van der Waals surface area (Å²) in [6.07, 6.45) is 0.936. The molecule has 2 N–H and O–H groups in total. The SMILES string of the molecule is O=C(O)C1CCN(C(=O)c2ccc3[nH]nc(-c4ccc(F)cc4)c3c2)CC1. The van der Waals surface area contributed by atoms with Crippen molar-refractivity contribution in [3.05, 3.63) is 53.8 Å². The van der Waals surface area contributed by atoms with Gasteiger partial charge in [0.1, 0.15) is 5.82 Å². The summed E-state index contributed by atoms with van der Waals surface area (Å²) in [7, 11) is 0. The molecule has 1 aliphatic heterocycles. The number of carboxylic acids is 1. The molecule has 3 aromatic rings. The predicted molar refractivity (Wildman–Crippen MR) is 97.8 cm³/mol. The third-order valence-corrected chi connectivity index (χ3v) is 5.06. The Morgan fingerprint density at radius 1 is 1.11 bits per heavy atom. The number of nitrogens with one attached hydrogen (secondary N) is 1. The van der Waals surface area contributed by atoms with Crippen molar-refractivity contribution >= 4 is 22.8 Å². The number of halogens is 1. The molecule has 2 aromatic carbocycles. The zero-order valence-corrected chi connectivity index (χ0v) is 14.5. The fraction of sp³-hybridized carbons (Fsp3) is 0.250. The molecular weight excluding hydrogens is 349 g/mol. The standard InChI is InChI=1S/C20H18FN3O3/c21-15-4-1-12(2-5-15)18-16-11-14(3-6-17(16)22-23-18)19(25)24-9-7-13(8-10-24)20(26)27/h1-6,11,13H,7-10H2,(H,22,23)(H,26,27). The Kier molecular flexibility index (Phi) is 4.35. The number of aromatic nitrogens is 2. The number of amides is 1. The Bertz CT molecular complexity index is 1000. The van der Waals surface area contributed by atoms with E-state index in [1.807, 2.05) is 0 Å². The zero-order valence-electron chi connectivity index (χ0n) is 14.5. The highest BCUT2D eigenvalue weighted by Gasteiger charge is 2.27. The van der Waals surface area contributed by atoms with Crippen molar-refractivity contribution in [3.63, 3.8) is 0 Å². The van der Waals surface area contributed by atoms with E-state index in [4.69, 9.17) is 5.11 Å². The Balaban J connectivity index is 1.61. The first kappa shape index (κ1) is 17.2. The van der Waals surface area contributed by atoms with E-state index < -0.39 is 5.97 Å². The number of benzene rings is 2. The highest BCUT2D eigenvalue weighted by atomic mass is 19.1. The molecule has 4 rings (SSSR count). The molecule has 1 amide bonds. The lowest BCUT2D eigenvalue weighted by molar-refractivity contribution is -0.143. The molecule has 1 fully saturated rings. The maximum absolute atomic E-state index is 13.2. The highest BCUT2D eigenvalue weighted by molar-refractivity contribution is 6.01. The van der Waals surface area contributed by atoms with Gasteiger partial charge in [0.15, 0.2) is 0 Å². The van der Waals surface area contributed by atoms with Crippen LogP contribution in [0.4, 0.5) is 4.39 Å². The van der Waals surface area contributed by atoms with Crippen LogP contribution < -0.4 is 0 Å². The fourth-order valence-electron chi connectivity index (χ4n) is 3.49. The lowest BCUT2D eigenvalue weighted by Gasteiger charge is -2.30. The summed E-state index contributed by atoms with van der Waals surface area (Å²) in [5.41, 5.74) is 2.73. The average molecular weight is 367 g/mol. The molecule has 0 saturated carbocycles. The van der Waals surface area contributed by atoms with Gasteiger partial charge in [0, 0.05) is 29.6 Å². The van der Waals surface area contributed by atoms with Gasteiger partial charge in [0.05, 0.1) is 17.1 Å². The van der Waals surface area contributed by atoms with Gasteiger partial charge in [-0.2, -0.15) is 5.10 Å². The summed E-state index contributed by atoms with van der Waals surface area (Å²) in [5, 5.41) is 17.1. The smallest absolute Gasteiger partial charge is 0.306 e. The quantitative estimate of drug-likeness (QED) is 0.744. The van der Waals surface area contributed by atoms with Gasteiger partial charge < -0.3 is 10.0 Å². The minimum atomic E-state index is -0.800. The van der Waals surface area contributed by atoms with Crippen molar-refractivity contribution in [1.82, 2.24) is 15.1 Å². The number of carbonyl (C=O) groups excluding carboxylic acids is 1. The van der Waals surface area contributed by atoms with Crippen LogP contribution in [0.5, 0.6) is 0 Å². The Labute approximate surface area is 154 Å². The summed E-state index contributed by atoms with van der Waals surface area (Å²) in [6.45, 7) is 0.869. The van der Waals surface area contributed by atoms with Crippen molar-refractivity contribution in [2.45, 2.75) is 12.8 Å². The van der Waals surface area contributed by atoms with E-state index in [-0.39, 0.29) is 17.6 Å². The molecule has 0 aliphatic carbocycles. The van der Waals surface area contributed by atoms with Crippen LogP contribution in [-0.4, -0.2) is 45.2 Å². The molecule has 0 bridgehead atoms. The molecule has 1 saturated heterocycles. The van der Waals surface area contributed by atoms with Crippen LogP contribution >= 0.6 is 0 Å². The van der Waals surface area contributed by atoms with E-state index in [0.717, 1.165) is 16.5 Å². The summed E-state index contributed by atoms with van der Waals surface area (Å²) in [5.74, 6) is -1.62. The number of rotatable bonds is 3. The van der Waals surface area contributed by atoms with Gasteiger partial charge in [-0.05, 0) is 55.3 Å². The molecule has 0 radical (unpaired) electrons. The summed E-state index contributed by atoms with van der Waals surface area (Å²) >= 11 is 0. The predicted octanol–water partition coefficient (Wildman–Crippen LogP) is 3.31. The van der Waals surface area contributed by atoms with E-state index in [9.17, 15) is 14.0 Å². The first-order valence-electron chi connectivity index (χ1n) is 8.79. The number of likely N-dealkylation sites (tertiary alicyclic amines) is 1. The van der Waals surface area contributed by atoms with Crippen molar-refractivity contribution in [2.75, 3.05) is 13.1 Å². The molecule has 0 atom stereocenters. The van der Waals surface area contributed by atoms with Crippen LogP contribution in [0.15, 0.2) is 42.5 Å². The van der Waals surface area contributed by atoms with Crippen molar-refractivity contribution in [1.29, 1.82) is 0 Å². The van der Waals surface area contributed by atoms with Crippen LogP contribution in [0.2, 0.25) is 0 Å². The lowest BCUT2D eigenvalue weighted by Crippen LogP contribution is -2.40. The fourth-order valence-corrected chi connectivity index (χ4v) is 3.49. The number of aliphatic carboxylic acids is 1. The number of hydrogen-bond acceptors (Lipinski definition) is 3. The number of fused-ring (bicyclic) bond motifs is 1. The van der Waals surface area contributed by atoms with Gasteiger partial charge >= 0.3 is 5.97 Å². The molecule has 2 heterocycles. The third-order valence-electron chi connectivity index (χ3n) is 5.06. The molecule has 7 heteroatoms. The maximum atomic E-state index is 13.2. The Morgan fingerprint density at radius 3 is 2.48 bits per heavy atom. The maximum Gasteiger partial charge on any atom is 0.306 e. The number of aromatic amines is 1. The first-order chi connectivity index (χ1) is 13.0. The minimum absolute atomic E-state index is 0.119. The molecule has 138 valence electrons. The second kappa shape index (κ2) is 6.83. The molecule has 27 heavy (non-hydrogen) atoms. The molecule has 1 aliphatic rings. The van der Waals surface area contributed by atoms with E-state index in [1.54, 1.807) is 35.2 Å². The van der Waals surface area contributed by atoms with Crippen molar-refractivity contribution in [3.8, 4) is 11.3 Å². The van der Waals surface area contributed by atoms with Crippen LogP contribution in [0.1, 0.15) is 23.2 Å². The van der Waals surface area contributed by atoms with Gasteiger partial charge in [-0.15, -0.1) is 0 Å². The average Bonchev–Trinajstić information content (AvgIpc) is 3.11. The molecule has 0 spiro atoms. The minimum Gasteiger partial charge on any atom is -0.481 e. The van der Waals surface area contributed by atoms with Gasteiger partial charge in [0.2, 0.25) is 0 Å². The Morgan fingerprint density at radius 2 is 1.81 bits per heavy atom. The van der Waals surface area contributed by atoms with E-state index in [1.165, 1.54) is 12.1 Å². The molecular formula is C20H18FN3O3.